The molecule has 0 unspecified atom stereocenters. The number of benzene rings is 1. The van der Waals surface area contributed by atoms with Crippen LogP contribution in [-0.4, -0.2) is 46.7 Å². The Kier molecular flexibility index (Phi) is 7.81. The van der Waals surface area contributed by atoms with Crippen molar-refractivity contribution in [2.45, 2.75) is 46.2 Å². The van der Waals surface area contributed by atoms with Gasteiger partial charge in [-0.25, -0.2) is 9.78 Å². The van der Waals surface area contributed by atoms with Gasteiger partial charge in [0.1, 0.15) is 5.82 Å². The summed E-state index contributed by atoms with van der Waals surface area (Å²) >= 11 is 5.92. The number of methoxy groups -OCH3 is 1. The summed E-state index contributed by atoms with van der Waals surface area (Å²) in [7, 11) is 1.58. The minimum Gasteiger partial charge on any atom is -0.383 e. The number of aromatic nitrogens is 2. The molecule has 0 fully saturated rings. The first-order valence-corrected chi connectivity index (χ1v) is 9.86. The van der Waals surface area contributed by atoms with Crippen LogP contribution >= 0.6 is 11.6 Å². The number of rotatable bonds is 7. The van der Waals surface area contributed by atoms with Crippen molar-refractivity contribution < 1.29 is 9.53 Å². The highest BCUT2D eigenvalue weighted by molar-refractivity contribution is 6.30. The number of nitrogens with zero attached hydrogens (tertiary/aromatic N) is 2. The van der Waals surface area contributed by atoms with Gasteiger partial charge >= 0.3 is 6.03 Å². The third-order valence-electron chi connectivity index (χ3n) is 4.24. The molecule has 1 aromatic heterocycles. The second-order valence-electron chi connectivity index (χ2n) is 7.97. The Bertz CT molecular complexity index is 888. The number of nitrogens with one attached hydrogen (secondary N) is 2. The third-order valence-corrected chi connectivity index (χ3v) is 4.49. The van der Waals surface area contributed by atoms with Gasteiger partial charge in [0.2, 0.25) is 0 Å². The molecule has 7 nitrogen and oxygen atoms in total. The van der Waals surface area contributed by atoms with Gasteiger partial charge in [-0.1, -0.05) is 23.7 Å². The lowest BCUT2D eigenvalue weighted by Gasteiger charge is -2.28. The molecule has 0 radical (unpaired) electrons. The van der Waals surface area contributed by atoms with E-state index in [0.717, 1.165) is 5.56 Å². The summed E-state index contributed by atoms with van der Waals surface area (Å²) in [4.78, 5) is 34.2. The number of H-pyrrole nitrogens is 1. The van der Waals surface area contributed by atoms with Crippen molar-refractivity contribution in [1.29, 1.82) is 0 Å². The zero-order chi connectivity index (χ0) is 21.6. The maximum absolute atomic E-state index is 12.7. The Hall–Kier alpha value is -2.38. The summed E-state index contributed by atoms with van der Waals surface area (Å²) in [6.45, 7) is 8.49. The number of aromatic amines is 1. The van der Waals surface area contributed by atoms with Gasteiger partial charge in [0, 0.05) is 41.9 Å². The number of halogens is 1. The molecule has 0 saturated heterocycles. The molecule has 0 aliphatic rings. The first-order chi connectivity index (χ1) is 13.6. The number of hydrogen-bond acceptors (Lipinski definition) is 4. The fraction of sp³-hybridized carbons (Fsp3) is 0.476. The standard InChI is InChI=1S/C21H29ClN4O3/c1-14-17(12-15-6-8-16(22)9-7-15)19(27)24-18(23-14)13-26(10-11-29-5)20(28)25-21(2,3)4/h6-9H,10-13H2,1-5H3,(H,25,28)(H,23,24,27). The SMILES string of the molecule is COCCN(Cc1nc(C)c(Cc2ccc(Cl)cc2)c(=O)[nH]1)C(=O)NC(C)(C)C. The van der Waals surface area contributed by atoms with Crippen molar-refractivity contribution in [3.8, 4) is 0 Å². The molecule has 0 aliphatic carbocycles. The molecule has 0 aliphatic heterocycles. The summed E-state index contributed by atoms with van der Waals surface area (Å²) in [6.07, 6.45) is 0.462. The van der Waals surface area contributed by atoms with E-state index in [-0.39, 0.29) is 23.7 Å². The minimum atomic E-state index is -0.373. The van der Waals surface area contributed by atoms with Gasteiger partial charge in [0.25, 0.3) is 5.56 Å². The van der Waals surface area contributed by atoms with Crippen LogP contribution in [0.25, 0.3) is 0 Å². The smallest absolute Gasteiger partial charge is 0.318 e. The minimum absolute atomic E-state index is 0.183. The first-order valence-electron chi connectivity index (χ1n) is 9.48. The van der Waals surface area contributed by atoms with Gasteiger partial charge in [0.15, 0.2) is 0 Å². The predicted octanol–water partition coefficient (Wildman–Crippen LogP) is 3.28. The Morgan fingerprint density at radius 1 is 1.28 bits per heavy atom. The normalized spacial score (nSPS) is 11.4. The van der Waals surface area contributed by atoms with Crippen LogP contribution in [0.3, 0.4) is 0 Å². The maximum Gasteiger partial charge on any atom is 0.318 e. The predicted molar refractivity (Wildman–Crippen MR) is 114 cm³/mol. The summed E-state index contributed by atoms with van der Waals surface area (Å²) in [5.41, 5.74) is 1.64. The third kappa shape index (κ3) is 7.18. The summed E-state index contributed by atoms with van der Waals surface area (Å²) in [5.74, 6) is 0.438. The number of carbonyl (C=O) groups is 1. The Morgan fingerprint density at radius 2 is 1.93 bits per heavy atom. The molecular formula is C21H29ClN4O3. The molecule has 0 spiro atoms. The lowest BCUT2D eigenvalue weighted by Crippen LogP contribution is -2.49. The topological polar surface area (TPSA) is 87.3 Å². The van der Waals surface area contributed by atoms with E-state index in [4.69, 9.17) is 16.3 Å². The van der Waals surface area contributed by atoms with Crippen molar-refractivity contribution in [3.05, 3.63) is 62.3 Å². The van der Waals surface area contributed by atoms with Gasteiger partial charge in [-0.05, 0) is 45.4 Å². The quantitative estimate of drug-likeness (QED) is 0.719. The number of aryl methyl sites for hydroxylation is 1. The number of carbonyl (C=O) groups excluding carboxylic acids is 1. The molecule has 0 saturated carbocycles. The van der Waals surface area contributed by atoms with E-state index in [2.05, 4.69) is 15.3 Å². The fourth-order valence-electron chi connectivity index (χ4n) is 2.79. The van der Waals surface area contributed by atoms with E-state index >= 15 is 0 Å². The number of ether oxygens (including phenoxy) is 1. The number of hydrogen-bond donors (Lipinski definition) is 2. The molecule has 0 atom stereocenters. The van der Waals surface area contributed by atoms with E-state index in [0.29, 0.717) is 41.7 Å². The van der Waals surface area contributed by atoms with E-state index in [1.807, 2.05) is 32.9 Å². The van der Waals surface area contributed by atoms with Crippen LogP contribution in [0.15, 0.2) is 29.1 Å². The average Bonchev–Trinajstić information content (AvgIpc) is 2.61. The Labute approximate surface area is 176 Å². The van der Waals surface area contributed by atoms with Gasteiger partial charge < -0.3 is 19.9 Å². The van der Waals surface area contributed by atoms with Gasteiger partial charge in [-0.3, -0.25) is 4.79 Å². The molecule has 0 bridgehead atoms. The van der Waals surface area contributed by atoms with Crippen LogP contribution in [0.5, 0.6) is 0 Å². The van der Waals surface area contributed by atoms with Crippen molar-refractivity contribution >= 4 is 17.6 Å². The molecular weight excluding hydrogens is 392 g/mol. The summed E-state index contributed by atoms with van der Waals surface area (Å²) in [5, 5.41) is 3.58. The van der Waals surface area contributed by atoms with Crippen LogP contribution in [-0.2, 0) is 17.7 Å². The largest absolute Gasteiger partial charge is 0.383 e. The van der Waals surface area contributed by atoms with Crippen molar-refractivity contribution in [2.24, 2.45) is 0 Å². The molecule has 2 N–H and O–H groups in total. The van der Waals surface area contributed by atoms with E-state index in [1.165, 1.54) is 0 Å². The highest BCUT2D eigenvalue weighted by Crippen LogP contribution is 2.14. The Balaban J connectivity index is 2.21. The molecule has 1 heterocycles. The van der Waals surface area contributed by atoms with Gasteiger partial charge in [-0.15, -0.1) is 0 Å². The van der Waals surface area contributed by atoms with Crippen molar-refractivity contribution in [3.63, 3.8) is 0 Å². The molecule has 8 heteroatoms. The average molecular weight is 421 g/mol. The number of amides is 2. The molecule has 2 amide bonds. The second kappa shape index (κ2) is 9.89. The zero-order valence-electron chi connectivity index (χ0n) is 17.6. The lowest BCUT2D eigenvalue weighted by atomic mass is 10.1. The van der Waals surface area contributed by atoms with Crippen LogP contribution in [0.2, 0.25) is 5.02 Å². The molecule has 158 valence electrons. The summed E-state index contributed by atoms with van der Waals surface area (Å²) < 4.78 is 5.11. The zero-order valence-corrected chi connectivity index (χ0v) is 18.4. The van der Waals surface area contributed by atoms with Crippen LogP contribution in [0.4, 0.5) is 4.79 Å². The molecule has 2 rings (SSSR count). The van der Waals surface area contributed by atoms with Crippen LogP contribution < -0.4 is 10.9 Å². The highest BCUT2D eigenvalue weighted by Gasteiger charge is 2.21. The first kappa shape index (κ1) is 22.9. The summed E-state index contributed by atoms with van der Waals surface area (Å²) in [6, 6.07) is 7.13. The Morgan fingerprint density at radius 3 is 2.48 bits per heavy atom. The second-order valence-corrected chi connectivity index (χ2v) is 8.41. The van der Waals surface area contributed by atoms with E-state index in [9.17, 15) is 9.59 Å². The van der Waals surface area contributed by atoms with E-state index < -0.39 is 0 Å². The van der Waals surface area contributed by atoms with Crippen molar-refractivity contribution in [2.75, 3.05) is 20.3 Å². The monoisotopic (exact) mass is 420 g/mol. The molecule has 29 heavy (non-hydrogen) atoms. The van der Waals surface area contributed by atoms with Crippen molar-refractivity contribution in [1.82, 2.24) is 20.2 Å². The molecule has 1 aromatic carbocycles. The lowest BCUT2D eigenvalue weighted by molar-refractivity contribution is 0.141. The van der Waals surface area contributed by atoms with E-state index in [1.54, 1.807) is 31.1 Å². The highest BCUT2D eigenvalue weighted by atomic mass is 35.5. The fourth-order valence-corrected chi connectivity index (χ4v) is 2.92. The van der Waals surface area contributed by atoms with Crippen LogP contribution in [0, 0.1) is 6.92 Å². The molecule has 2 aromatic rings. The van der Waals surface area contributed by atoms with Crippen LogP contribution in [0.1, 0.15) is 43.4 Å². The van der Waals surface area contributed by atoms with Gasteiger partial charge in [0.05, 0.1) is 13.2 Å². The van der Waals surface area contributed by atoms with Gasteiger partial charge in [-0.2, -0.15) is 0 Å². The number of urea groups is 1. The maximum atomic E-state index is 12.7.